The summed E-state index contributed by atoms with van der Waals surface area (Å²) in [6.07, 6.45) is 5.33. The molecule has 3 rings (SSSR count). The SMILES string of the molecule is CC1CN(C)CCN1C(=O)C1(n2cccn2)CCNCC1. The molecule has 2 fully saturated rings. The van der Waals surface area contributed by atoms with Gasteiger partial charge in [0.15, 0.2) is 0 Å². The molecular weight excluding hydrogens is 266 g/mol. The third-order valence-corrected chi connectivity index (χ3v) is 4.86. The Kier molecular flexibility index (Phi) is 3.99. The highest BCUT2D eigenvalue weighted by molar-refractivity contribution is 5.85. The largest absolute Gasteiger partial charge is 0.335 e. The molecular formula is C15H25N5O. The van der Waals surface area contributed by atoms with Gasteiger partial charge in [-0.05, 0) is 46.0 Å². The number of hydrogen-bond acceptors (Lipinski definition) is 4. The molecule has 21 heavy (non-hydrogen) atoms. The Morgan fingerprint density at radius 2 is 2.10 bits per heavy atom. The standard InChI is InChI=1S/C15H25N5O/c1-13-12-18(2)10-11-19(13)14(21)15(4-7-16-8-5-15)20-9-3-6-17-20/h3,6,9,13,16H,4-5,7-8,10-12H2,1-2H3. The van der Waals surface area contributed by atoms with Crippen LogP contribution in [0.25, 0.3) is 0 Å². The second-order valence-corrected chi connectivity index (χ2v) is 6.34. The lowest BCUT2D eigenvalue weighted by Crippen LogP contribution is -2.61. The Bertz CT molecular complexity index is 480. The molecule has 1 N–H and O–H groups in total. The molecule has 6 nitrogen and oxygen atoms in total. The monoisotopic (exact) mass is 291 g/mol. The first kappa shape index (κ1) is 14.5. The summed E-state index contributed by atoms with van der Waals surface area (Å²) in [5.74, 6) is 0.244. The molecule has 0 spiro atoms. The van der Waals surface area contributed by atoms with Crippen molar-refractivity contribution in [1.82, 2.24) is 24.9 Å². The van der Waals surface area contributed by atoms with E-state index in [1.807, 2.05) is 16.9 Å². The van der Waals surface area contributed by atoms with E-state index in [2.05, 4.69) is 34.2 Å². The third kappa shape index (κ3) is 2.58. The molecule has 6 heteroatoms. The quantitative estimate of drug-likeness (QED) is 0.841. The third-order valence-electron chi connectivity index (χ3n) is 4.86. The number of carbonyl (C=O) groups is 1. The maximum Gasteiger partial charge on any atom is 0.250 e. The highest BCUT2D eigenvalue weighted by Crippen LogP contribution is 2.30. The van der Waals surface area contributed by atoms with Crippen LogP contribution in [-0.4, -0.2) is 71.3 Å². The normalized spacial score (nSPS) is 26.8. The van der Waals surface area contributed by atoms with Gasteiger partial charge in [0.2, 0.25) is 0 Å². The summed E-state index contributed by atoms with van der Waals surface area (Å²) in [7, 11) is 2.12. The summed E-state index contributed by atoms with van der Waals surface area (Å²) in [4.78, 5) is 17.7. The van der Waals surface area contributed by atoms with Gasteiger partial charge in [-0.25, -0.2) is 0 Å². The molecule has 1 amide bonds. The van der Waals surface area contributed by atoms with E-state index in [9.17, 15) is 4.79 Å². The van der Waals surface area contributed by atoms with Crippen LogP contribution in [0.1, 0.15) is 19.8 Å². The van der Waals surface area contributed by atoms with Crippen molar-refractivity contribution in [2.75, 3.05) is 39.8 Å². The molecule has 0 aliphatic carbocycles. The predicted molar refractivity (Wildman–Crippen MR) is 81.0 cm³/mol. The molecule has 2 aliphatic heterocycles. The van der Waals surface area contributed by atoms with Crippen LogP contribution < -0.4 is 5.32 Å². The molecule has 116 valence electrons. The molecule has 1 unspecified atom stereocenters. The molecule has 0 bridgehead atoms. The van der Waals surface area contributed by atoms with Crippen molar-refractivity contribution >= 4 is 5.91 Å². The average Bonchev–Trinajstić information content (AvgIpc) is 3.02. The molecule has 1 atom stereocenters. The number of carbonyl (C=O) groups excluding carboxylic acids is 1. The van der Waals surface area contributed by atoms with Crippen molar-refractivity contribution < 1.29 is 4.79 Å². The Morgan fingerprint density at radius 3 is 2.71 bits per heavy atom. The Morgan fingerprint density at radius 1 is 1.33 bits per heavy atom. The van der Waals surface area contributed by atoms with E-state index in [0.717, 1.165) is 45.6 Å². The topological polar surface area (TPSA) is 53.4 Å². The molecule has 1 aromatic heterocycles. The van der Waals surface area contributed by atoms with Crippen molar-refractivity contribution in [3.8, 4) is 0 Å². The van der Waals surface area contributed by atoms with Gasteiger partial charge in [-0.2, -0.15) is 5.10 Å². The van der Waals surface area contributed by atoms with Crippen LogP contribution in [0.2, 0.25) is 0 Å². The maximum atomic E-state index is 13.3. The number of hydrogen-bond donors (Lipinski definition) is 1. The number of likely N-dealkylation sites (N-methyl/N-ethyl adjacent to an activating group) is 1. The van der Waals surface area contributed by atoms with Crippen LogP contribution in [0, 0.1) is 0 Å². The van der Waals surface area contributed by atoms with Crippen molar-refractivity contribution in [1.29, 1.82) is 0 Å². The van der Waals surface area contributed by atoms with Crippen LogP contribution >= 0.6 is 0 Å². The van der Waals surface area contributed by atoms with E-state index < -0.39 is 5.54 Å². The first-order chi connectivity index (χ1) is 10.1. The molecule has 0 saturated carbocycles. The smallest absolute Gasteiger partial charge is 0.250 e. The highest BCUT2D eigenvalue weighted by Gasteiger charge is 2.46. The van der Waals surface area contributed by atoms with Gasteiger partial charge in [0.25, 0.3) is 5.91 Å². The van der Waals surface area contributed by atoms with Crippen LogP contribution in [0.3, 0.4) is 0 Å². The van der Waals surface area contributed by atoms with Crippen molar-refractivity contribution in [3.05, 3.63) is 18.5 Å². The minimum absolute atomic E-state index is 0.244. The molecule has 2 aliphatic rings. The van der Waals surface area contributed by atoms with Crippen LogP contribution in [0.15, 0.2) is 18.5 Å². The van der Waals surface area contributed by atoms with E-state index in [1.54, 1.807) is 6.20 Å². The Balaban J connectivity index is 1.88. The minimum atomic E-state index is -0.501. The summed E-state index contributed by atoms with van der Waals surface area (Å²) in [5, 5.41) is 7.76. The van der Waals surface area contributed by atoms with Crippen LogP contribution in [0.4, 0.5) is 0 Å². The van der Waals surface area contributed by atoms with E-state index in [4.69, 9.17) is 0 Å². The van der Waals surface area contributed by atoms with E-state index in [-0.39, 0.29) is 11.9 Å². The fourth-order valence-corrected chi connectivity index (χ4v) is 3.61. The van der Waals surface area contributed by atoms with Crippen molar-refractivity contribution in [3.63, 3.8) is 0 Å². The van der Waals surface area contributed by atoms with E-state index >= 15 is 0 Å². The number of rotatable bonds is 2. The zero-order valence-corrected chi connectivity index (χ0v) is 13.0. The molecule has 2 saturated heterocycles. The van der Waals surface area contributed by atoms with Gasteiger partial charge in [-0.1, -0.05) is 0 Å². The summed E-state index contributed by atoms with van der Waals surface area (Å²) in [6, 6.07) is 2.17. The lowest BCUT2D eigenvalue weighted by Gasteiger charge is -2.45. The zero-order chi connectivity index (χ0) is 14.9. The fourth-order valence-electron chi connectivity index (χ4n) is 3.61. The molecule has 0 aromatic carbocycles. The number of piperidine rings is 1. The number of nitrogens with zero attached hydrogens (tertiary/aromatic N) is 4. The number of aromatic nitrogens is 2. The van der Waals surface area contributed by atoms with E-state index in [1.165, 1.54) is 0 Å². The fraction of sp³-hybridized carbons (Fsp3) is 0.733. The molecule has 0 radical (unpaired) electrons. The second-order valence-electron chi connectivity index (χ2n) is 6.34. The Hall–Kier alpha value is -1.40. The first-order valence-corrected chi connectivity index (χ1v) is 7.84. The highest BCUT2D eigenvalue weighted by atomic mass is 16.2. The van der Waals surface area contributed by atoms with Gasteiger partial charge in [0.05, 0.1) is 0 Å². The zero-order valence-electron chi connectivity index (χ0n) is 13.0. The second kappa shape index (κ2) is 5.77. The molecule has 1 aromatic rings. The number of nitrogens with one attached hydrogen (secondary N) is 1. The van der Waals surface area contributed by atoms with Gasteiger partial charge in [0, 0.05) is 38.1 Å². The van der Waals surface area contributed by atoms with Crippen molar-refractivity contribution in [2.24, 2.45) is 0 Å². The van der Waals surface area contributed by atoms with Crippen LogP contribution in [0.5, 0.6) is 0 Å². The average molecular weight is 291 g/mol. The summed E-state index contributed by atoms with van der Waals surface area (Å²) in [6.45, 7) is 6.59. The van der Waals surface area contributed by atoms with Crippen LogP contribution in [-0.2, 0) is 10.3 Å². The number of piperazine rings is 1. The van der Waals surface area contributed by atoms with Crippen molar-refractivity contribution in [2.45, 2.75) is 31.3 Å². The van der Waals surface area contributed by atoms with E-state index in [0.29, 0.717) is 0 Å². The van der Waals surface area contributed by atoms with Gasteiger partial charge < -0.3 is 15.1 Å². The van der Waals surface area contributed by atoms with Gasteiger partial charge in [0.1, 0.15) is 5.54 Å². The lowest BCUT2D eigenvalue weighted by molar-refractivity contribution is -0.147. The number of amides is 1. The summed E-state index contributed by atoms with van der Waals surface area (Å²) in [5.41, 5.74) is -0.501. The van der Waals surface area contributed by atoms with Gasteiger partial charge >= 0.3 is 0 Å². The van der Waals surface area contributed by atoms with Gasteiger partial charge in [-0.3, -0.25) is 9.48 Å². The Labute approximate surface area is 126 Å². The minimum Gasteiger partial charge on any atom is -0.335 e. The van der Waals surface area contributed by atoms with Gasteiger partial charge in [-0.15, -0.1) is 0 Å². The molecule has 3 heterocycles. The predicted octanol–water partition coefficient (Wildman–Crippen LogP) is 0.124. The summed E-state index contributed by atoms with van der Waals surface area (Å²) >= 11 is 0. The lowest BCUT2D eigenvalue weighted by atomic mass is 9.86. The maximum absolute atomic E-state index is 13.3. The first-order valence-electron chi connectivity index (χ1n) is 7.84. The summed E-state index contributed by atoms with van der Waals surface area (Å²) < 4.78 is 1.89.